The van der Waals surface area contributed by atoms with E-state index in [4.69, 9.17) is 0 Å². The van der Waals surface area contributed by atoms with E-state index in [1.807, 2.05) is 25.1 Å². The molecule has 0 N–H and O–H groups in total. The number of pyridine rings is 1. The van der Waals surface area contributed by atoms with Crippen LogP contribution in [0.2, 0.25) is 0 Å². The summed E-state index contributed by atoms with van der Waals surface area (Å²) in [7, 11) is 0. The van der Waals surface area contributed by atoms with E-state index in [9.17, 15) is 4.39 Å². The lowest BCUT2D eigenvalue weighted by atomic mass is 10.0. The fraction of sp³-hybridized carbons (Fsp3) is 0.214. The molecular weight excluding hydrogens is 281 g/mol. The maximum absolute atomic E-state index is 13.6. The third-order valence-electron chi connectivity index (χ3n) is 2.73. The molecule has 17 heavy (non-hydrogen) atoms. The minimum Gasteiger partial charge on any atom is -0.261 e. The van der Waals surface area contributed by atoms with Gasteiger partial charge < -0.3 is 0 Å². The molecule has 0 saturated carbocycles. The average molecular weight is 294 g/mol. The van der Waals surface area contributed by atoms with Gasteiger partial charge in [0.05, 0.1) is 0 Å². The predicted octanol–water partition coefficient (Wildman–Crippen LogP) is 4.21. The Hall–Kier alpha value is -1.22. The van der Waals surface area contributed by atoms with Crippen molar-refractivity contribution in [3.8, 4) is 0 Å². The summed E-state index contributed by atoms with van der Waals surface area (Å²) in [6, 6.07) is 10.7. The predicted molar refractivity (Wildman–Crippen MR) is 70.7 cm³/mol. The van der Waals surface area contributed by atoms with Crippen molar-refractivity contribution in [3.63, 3.8) is 0 Å². The Balaban J connectivity index is 2.20. The fourth-order valence-electron chi connectivity index (χ4n) is 1.74. The molecule has 1 aromatic heterocycles. The molecule has 0 aliphatic carbocycles. The second-order valence-corrected chi connectivity index (χ2v) is 5.07. The van der Waals surface area contributed by atoms with Crippen molar-refractivity contribution in [2.75, 3.05) is 0 Å². The zero-order valence-corrected chi connectivity index (χ0v) is 11.1. The molecule has 2 rings (SSSR count). The fourth-order valence-corrected chi connectivity index (χ4v) is 2.42. The van der Waals surface area contributed by atoms with Crippen LogP contribution in [0.3, 0.4) is 0 Å². The van der Waals surface area contributed by atoms with Crippen LogP contribution in [0.1, 0.15) is 21.6 Å². The van der Waals surface area contributed by atoms with E-state index in [1.54, 1.807) is 18.3 Å². The SMILES string of the molecule is Cc1cccnc1CC(Br)c1ccccc1F. The van der Waals surface area contributed by atoms with Gasteiger partial charge in [0.15, 0.2) is 0 Å². The van der Waals surface area contributed by atoms with E-state index in [0.717, 1.165) is 11.3 Å². The molecule has 0 saturated heterocycles. The largest absolute Gasteiger partial charge is 0.261 e. The van der Waals surface area contributed by atoms with Crippen LogP contribution in [0.4, 0.5) is 4.39 Å². The molecule has 1 aromatic carbocycles. The Bertz CT molecular complexity index is 513. The highest BCUT2D eigenvalue weighted by Gasteiger charge is 2.14. The van der Waals surface area contributed by atoms with Gasteiger partial charge in [-0.15, -0.1) is 0 Å². The lowest BCUT2D eigenvalue weighted by Gasteiger charge is -2.12. The molecule has 0 aliphatic heterocycles. The lowest BCUT2D eigenvalue weighted by Crippen LogP contribution is -2.01. The Morgan fingerprint density at radius 2 is 2.00 bits per heavy atom. The molecule has 0 amide bonds. The summed E-state index contributed by atoms with van der Waals surface area (Å²) in [4.78, 5) is 4.28. The van der Waals surface area contributed by atoms with Crippen molar-refractivity contribution >= 4 is 15.9 Å². The molecule has 1 nitrogen and oxygen atoms in total. The van der Waals surface area contributed by atoms with Gasteiger partial charge in [0, 0.05) is 28.7 Å². The smallest absolute Gasteiger partial charge is 0.127 e. The van der Waals surface area contributed by atoms with Gasteiger partial charge in [-0.25, -0.2) is 4.39 Å². The molecular formula is C14H13BrFN. The molecule has 2 aromatic rings. The summed E-state index contributed by atoms with van der Waals surface area (Å²) < 4.78 is 13.6. The lowest BCUT2D eigenvalue weighted by molar-refractivity contribution is 0.607. The van der Waals surface area contributed by atoms with Crippen LogP contribution < -0.4 is 0 Å². The normalized spacial score (nSPS) is 12.4. The van der Waals surface area contributed by atoms with Crippen molar-refractivity contribution in [2.45, 2.75) is 18.2 Å². The van der Waals surface area contributed by atoms with Gasteiger partial charge in [-0.05, 0) is 24.6 Å². The van der Waals surface area contributed by atoms with Gasteiger partial charge in [0.2, 0.25) is 0 Å². The first-order valence-corrected chi connectivity index (χ1v) is 6.39. The van der Waals surface area contributed by atoms with Crippen LogP contribution in [-0.2, 0) is 6.42 Å². The highest BCUT2D eigenvalue weighted by molar-refractivity contribution is 9.09. The third-order valence-corrected chi connectivity index (χ3v) is 3.55. The van der Waals surface area contributed by atoms with Crippen LogP contribution in [0.25, 0.3) is 0 Å². The minimum atomic E-state index is -0.178. The van der Waals surface area contributed by atoms with Gasteiger partial charge in [-0.2, -0.15) is 0 Å². The maximum Gasteiger partial charge on any atom is 0.127 e. The molecule has 1 atom stereocenters. The number of alkyl halides is 1. The number of benzene rings is 1. The highest BCUT2D eigenvalue weighted by Crippen LogP contribution is 2.29. The van der Waals surface area contributed by atoms with Crippen LogP contribution in [0.5, 0.6) is 0 Å². The topological polar surface area (TPSA) is 12.9 Å². The molecule has 1 heterocycles. The number of nitrogens with zero attached hydrogens (tertiary/aromatic N) is 1. The number of aromatic nitrogens is 1. The van der Waals surface area contributed by atoms with E-state index in [-0.39, 0.29) is 10.6 Å². The van der Waals surface area contributed by atoms with Crippen LogP contribution in [0.15, 0.2) is 42.6 Å². The monoisotopic (exact) mass is 293 g/mol. The summed E-state index contributed by atoms with van der Waals surface area (Å²) in [6.07, 6.45) is 2.46. The van der Waals surface area contributed by atoms with E-state index >= 15 is 0 Å². The number of aryl methyl sites for hydroxylation is 1. The second-order valence-electron chi connectivity index (χ2n) is 3.96. The Kier molecular flexibility index (Phi) is 3.89. The number of rotatable bonds is 3. The van der Waals surface area contributed by atoms with Gasteiger partial charge in [0.1, 0.15) is 5.82 Å². The van der Waals surface area contributed by atoms with E-state index < -0.39 is 0 Å². The van der Waals surface area contributed by atoms with Crippen LogP contribution >= 0.6 is 15.9 Å². The first kappa shape index (κ1) is 12.2. The zero-order chi connectivity index (χ0) is 12.3. The molecule has 0 radical (unpaired) electrons. The number of hydrogen-bond acceptors (Lipinski definition) is 1. The number of halogens is 2. The highest BCUT2D eigenvalue weighted by atomic mass is 79.9. The molecule has 0 spiro atoms. The third kappa shape index (κ3) is 2.91. The number of hydrogen-bond donors (Lipinski definition) is 0. The van der Waals surface area contributed by atoms with Crippen molar-refractivity contribution < 1.29 is 4.39 Å². The zero-order valence-electron chi connectivity index (χ0n) is 9.53. The molecule has 0 bridgehead atoms. The van der Waals surface area contributed by atoms with Crippen molar-refractivity contribution in [1.82, 2.24) is 4.98 Å². The molecule has 0 aliphatic rings. The Morgan fingerprint density at radius 1 is 1.24 bits per heavy atom. The maximum atomic E-state index is 13.6. The minimum absolute atomic E-state index is 0.0442. The molecule has 0 fully saturated rings. The molecule has 3 heteroatoms. The van der Waals surface area contributed by atoms with Gasteiger partial charge in [0.25, 0.3) is 0 Å². The Labute approximate surface area is 109 Å². The Morgan fingerprint density at radius 3 is 2.71 bits per heavy atom. The first-order chi connectivity index (χ1) is 8.18. The van der Waals surface area contributed by atoms with E-state index in [2.05, 4.69) is 20.9 Å². The van der Waals surface area contributed by atoms with Crippen LogP contribution in [0, 0.1) is 12.7 Å². The van der Waals surface area contributed by atoms with Crippen molar-refractivity contribution in [2.24, 2.45) is 0 Å². The summed E-state index contributed by atoms with van der Waals surface area (Å²) in [5, 5.41) is 0. The van der Waals surface area contributed by atoms with Crippen molar-refractivity contribution in [1.29, 1.82) is 0 Å². The van der Waals surface area contributed by atoms with Crippen molar-refractivity contribution in [3.05, 3.63) is 65.2 Å². The quantitative estimate of drug-likeness (QED) is 0.773. The average Bonchev–Trinajstić information content (AvgIpc) is 2.32. The summed E-state index contributed by atoms with van der Waals surface area (Å²) in [5.74, 6) is -0.178. The van der Waals surface area contributed by atoms with Gasteiger partial charge in [-0.3, -0.25) is 4.98 Å². The van der Waals surface area contributed by atoms with E-state index in [0.29, 0.717) is 12.0 Å². The summed E-state index contributed by atoms with van der Waals surface area (Å²) >= 11 is 3.53. The standard InChI is InChI=1S/C14H13BrFN/c1-10-5-4-8-17-14(10)9-12(15)11-6-2-3-7-13(11)16/h2-8,12H,9H2,1H3. The first-order valence-electron chi connectivity index (χ1n) is 5.47. The molecule has 1 unspecified atom stereocenters. The second kappa shape index (κ2) is 5.41. The molecule has 88 valence electrons. The van der Waals surface area contributed by atoms with Gasteiger partial charge in [-0.1, -0.05) is 40.2 Å². The van der Waals surface area contributed by atoms with Crippen LogP contribution in [-0.4, -0.2) is 4.98 Å². The van der Waals surface area contributed by atoms with E-state index in [1.165, 1.54) is 6.07 Å². The summed E-state index contributed by atoms with van der Waals surface area (Å²) in [6.45, 7) is 2.02. The van der Waals surface area contributed by atoms with Gasteiger partial charge >= 0.3 is 0 Å². The summed E-state index contributed by atoms with van der Waals surface area (Å²) in [5.41, 5.74) is 2.81.